The molecular weight excluding hydrogens is 180 g/mol. The van der Waals surface area contributed by atoms with Gasteiger partial charge < -0.3 is 15.5 Å². The highest BCUT2D eigenvalue weighted by molar-refractivity contribution is 5.04. The number of nitrogens with one attached hydrogen (secondary N) is 1. The molecule has 2 fully saturated rings. The summed E-state index contributed by atoms with van der Waals surface area (Å²) < 4.78 is 25.3. The van der Waals surface area contributed by atoms with E-state index in [0.29, 0.717) is 6.54 Å². The molecule has 2 aliphatic rings. The lowest BCUT2D eigenvalue weighted by Crippen LogP contribution is -2.51. The van der Waals surface area contributed by atoms with Gasteiger partial charge in [0, 0.05) is 31.3 Å². The predicted molar refractivity (Wildman–Crippen MR) is 41.4 cm³/mol. The molecule has 5 heteroatoms. The molecule has 0 bridgehead atoms. The van der Waals surface area contributed by atoms with Crippen LogP contribution in [0.4, 0.5) is 8.78 Å². The molecule has 0 amide bonds. The summed E-state index contributed by atoms with van der Waals surface area (Å²) in [7, 11) is 0. The molecule has 0 radical (unpaired) electrons. The first kappa shape index (κ1) is 9.30. The van der Waals surface area contributed by atoms with Crippen molar-refractivity contribution in [3.63, 3.8) is 0 Å². The Morgan fingerprint density at radius 2 is 1.85 bits per heavy atom. The lowest BCUT2D eigenvalue weighted by Gasteiger charge is -2.32. The van der Waals surface area contributed by atoms with Crippen LogP contribution < -0.4 is 5.32 Å². The van der Waals surface area contributed by atoms with Crippen LogP contribution >= 0.6 is 0 Å². The van der Waals surface area contributed by atoms with Crippen LogP contribution in [0.2, 0.25) is 0 Å². The highest BCUT2D eigenvalue weighted by Gasteiger charge is 2.62. The standard InChI is InChI=1S/C8H13F2NO2/c9-8(10)1-5(8)4-2-11-3-6(12)7(4)13/h4-7,11-13H,1-3H2. The number of halogens is 2. The molecule has 1 saturated heterocycles. The highest BCUT2D eigenvalue weighted by atomic mass is 19.3. The zero-order valence-electron chi connectivity index (χ0n) is 7.08. The SMILES string of the molecule is OC1CNCC(C2CC2(F)F)C1O. The molecule has 76 valence electrons. The van der Waals surface area contributed by atoms with Crippen LogP contribution in [0.5, 0.6) is 0 Å². The molecule has 4 unspecified atom stereocenters. The Balaban J connectivity index is 1.99. The average Bonchev–Trinajstić information content (AvgIpc) is 2.66. The maximum atomic E-state index is 12.7. The Morgan fingerprint density at radius 1 is 1.23 bits per heavy atom. The fourth-order valence-corrected chi connectivity index (χ4v) is 2.00. The monoisotopic (exact) mass is 193 g/mol. The van der Waals surface area contributed by atoms with Crippen molar-refractivity contribution in [1.82, 2.24) is 5.32 Å². The fraction of sp³-hybridized carbons (Fsp3) is 1.00. The van der Waals surface area contributed by atoms with E-state index >= 15 is 0 Å². The predicted octanol–water partition coefficient (Wildman–Crippen LogP) is -0.417. The number of hydrogen-bond acceptors (Lipinski definition) is 3. The van der Waals surface area contributed by atoms with E-state index in [-0.39, 0.29) is 13.0 Å². The van der Waals surface area contributed by atoms with Crippen molar-refractivity contribution in [2.75, 3.05) is 13.1 Å². The van der Waals surface area contributed by atoms with Crippen LogP contribution in [0.15, 0.2) is 0 Å². The summed E-state index contributed by atoms with van der Waals surface area (Å²) in [5.41, 5.74) is 0. The number of hydrogen-bond donors (Lipinski definition) is 3. The summed E-state index contributed by atoms with van der Waals surface area (Å²) in [4.78, 5) is 0. The molecule has 0 spiro atoms. The molecule has 3 N–H and O–H groups in total. The maximum absolute atomic E-state index is 12.7. The molecule has 0 aromatic carbocycles. The number of β-amino-alcohol motifs (C(OH)–C–C–N with tert-alkyl or cyclic N) is 1. The van der Waals surface area contributed by atoms with Crippen LogP contribution in [0.25, 0.3) is 0 Å². The minimum atomic E-state index is -2.62. The first-order valence-electron chi connectivity index (χ1n) is 4.47. The Morgan fingerprint density at radius 3 is 2.38 bits per heavy atom. The molecule has 13 heavy (non-hydrogen) atoms. The van der Waals surface area contributed by atoms with Gasteiger partial charge in [0.25, 0.3) is 5.92 Å². The van der Waals surface area contributed by atoms with Crippen LogP contribution in [0.1, 0.15) is 6.42 Å². The molecule has 1 aliphatic carbocycles. The van der Waals surface area contributed by atoms with E-state index in [0.717, 1.165) is 0 Å². The second kappa shape index (κ2) is 2.87. The van der Waals surface area contributed by atoms with Gasteiger partial charge in [0.1, 0.15) is 0 Å². The van der Waals surface area contributed by atoms with Crippen molar-refractivity contribution in [2.24, 2.45) is 11.8 Å². The average molecular weight is 193 g/mol. The number of alkyl halides is 2. The lowest BCUT2D eigenvalue weighted by molar-refractivity contribution is -0.0538. The summed E-state index contributed by atoms with van der Waals surface area (Å²) in [6, 6.07) is 0. The third-order valence-corrected chi connectivity index (χ3v) is 2.96. The molecule has 1 heterocycles. The van der Waals surface area contributed by atoms with Crippen molar-refractivity contribution >= 4 is 0 Å². The van der Waals surface area contributed by atoms with E-state index in [1.54, 1.807) is 0 Å². The summed E-state index contributed by atoms with van der Waals surface area (Å²) in [5.74, 6) is -3.87. The second-order valence-corrected chi connectivity index (χ2v) is 3.95. The van der Waals surface area contributed by atoms with Crippen LogP contribution in [-0.4, -0.2) is 41.4 Å². The topological polar surface area (TPSA) is 52.5 Å². The Labute approximate surface area is 74.8 Å². The molecule has 4 atom stereocenters. The van der Waals surface area contributed by atoms with E-state index in [4.69, 9.17) is 0 Å². The molecule has 0 aromatic heterocycles. The lowest BCUT2D eigenvalue weighted by atomic mass is 9.89. The van der Waals surface area contributed by atoms with Gasteiger partial charge in [0.2, 0.25) is 0 Å². The van der Waals surface area contributed by atoms with Crippen molar-refractivity contribution < 1.29 is 19.0 Å². The van der Waals surface area contributed by atoms with Crippen molar-refractivity contribution in [3.05, 3.63) is 0 Å². The normalized spacial score (nSPS) is 48.9. The number of piperidine rings is 1. The number of rotatable bonds is 1. The van der Waals surface area contributed by atoms with Gasteiger partial charge in [-0.2, -0.15) is 0 Å². The third-order valence-electron chi connectivity index (χ3n) is 2.96. The smallest absolute Gasteiger partial charge is 0.252 e. The molecule has 3 nitrogen and oxygen atoms in total. The summed E-state index contributed by atoms with van der Waals surface area (Å²) >= 11 is 0. The summed E-state index contributed by atoms with van der Waals surface area (Å²) in [5, 5.41) is 21.5. The first-order valence-corrected chi connectivity index (χ1v) is 4.47. The van der Waals surface area contributed by atoms with Gasteiger partial charge in [-0.3, -0.25) is 0 Å². The molecular formula is C8H13F2NO2. The fourth-order valence-electron chi connectivity index (χ4n) is 2.00. The maximum Gasteiger partial charge on any atom is 0.252 e. The Bertz CT molecular complexity index is 210. The van der Waals surface area contributed by atoms with Gasteiger partial charge in [-0.15, -0.1) is 0 Å². The Hall–Kier alpha value is -0.260. The van der Waals surface area contributed by atoms with E-state index in [9.17, 15) is 19.0 Å². The van der Waals surface area contributed by atoms with Gasteiger partial charge in [0.05, 0.1) is 12.2 Å². The van der Waals surface area contributed by atoms with Gasteiger partial charge in [0.15, 0.2) is 0 Å². The van der Waals surface area contributed by atoms with Crippen molar-refractivity contribution in [1.29, 1.82) is 0 Å². The number of aliphatic hydroxyl groups excluding tert-OH is 2. The quantitative estimate of drug-likeness (QED) is 0.530. The minimum absolute atomic E-state index is 0.150. The first-order chi connectivity index (χ1) is 6.02. The van der Waals surface area contributed by atoms with E-state index in [1.807, 2.05) is 0 Å². The third kappa shape index (κ3) is 1.56. The van der Waals surface area contributed by atoms with Crippen molar-refractivity contribution in [2.45, 2.75) is 24.6 Å². The van der Waals surface area contributed by atoms with Crippen LogP contribution in [0.3, 0.4) is 0 Å². The van der Waals surface area contributed by atoms with Gasteiger partial charge in [-0.05, 0) is 0 Å². The zero-order chi connectivity index (χ0) is 9.64. The van der Waals surface area contributed by atoms with Gasteiger partial charge in [-0.25, -0.2) is 8.78 Å². The molecule has 1 saturated carbocycles. The van der Waals surface area contributed by atoms with Crippen LogP contribution in [-0.2, 0) is 0 Å². The Kier molecular flexibility index (Phi) is 2.05. The summed E-state index contributed by atoms with van der Waals surface area (Å²) in [6.45, 7) is 0.661. The largest absolute Gasteiger partial charge is 0.390 e. The second-order valence-electron chi connectivity index (χ2n) is 3.95. The highest BCUT2D eigenvalue weighted by Crippen LogP contribution is 2.54. The van der Waals surface area contributed by atoms with Crippen LogP contribution in [0, 0.1) is 11.8 Å². The van der Waals surface area contributed by atoms with Crippen molar-refractivity contribution in [3.8, 4) is 0 Å². The zero-order valence-corrected chi connectivity index (χ0v) is 7.08. The van der Waals surface area contributed by atoms with Gasteiger partial charge in [-0.1, -0.05) is 0 Å². The summed E-state index contributed by atoms with van der Waals surface area (Å²) in [6.07, 6.45) is -2.06. The number of aliphatic hydroxyl groups is 2. The minimum Gasteiger partial charge on any atom is -0.390 e. The van der Waals surface area contributed by atoms with E-state index in [2.05, 4.69) is 5.32 Å². The molecule has 1 aliphatic heterocycles. The van der Waals surface area contributed by atoms with E-state index < -0.39 is 30.0 Å². The molecule has 2 rings (SSSR count). The molecule has 0 aromatic rings. The van der Waals surface area contributed by atoms with Gasteiger partial charge >= 0.3 is 0 Å². The van der Waals surface area contributed by atoms with E-state index in [1.165, 1.54) is 0 Å².